The third-order valence-electron chi connectivity index (χ3n) is 15.2. The maximum Gasteiger partial charge on any atom is 0.269 e. The van der Waals surface area contributed by atoms with E-state index in [0.29, 0.717) is 17.1 Å². The van der Waals surface area contributed by atoms with Crippen molar-refractivity contribution in [2.24, 2.45) is 0 Å². The number of aromatic nitrogens is 4. The van der Waals surface area contributed by atoms with Gasteiger partial charge in [-0.2, -0.15) is 0 Å². The number of benzene rings is 7. The monoisotopic (exact) mass is 932 g/mol. The van der Waals surface area contributed by atoms with E-state index in [0.717, 1.165) is 55.6 Å². The fourth-order valence-electron chi connectivity index (χ4n) is 11.8. The number of ether oxygens (including phenoxy) is 1. The summed E-state index contributed by atoms with van der Waals surface area (Å²) in [6.07, 6.45) is 5.68. The molecule has 4 heterocycles. The molecule has 0 radical (unpaired) electrons. The highest BCUT2D eigenvalue weighted by molar-refractivity contribution is 6.09. The third kappa shape index (κ3) is 6.71. The van der Waals surface area contributed by atoms with Gasteiger partial charge in [-0.15, -0.1) is 0 Å². The van der Waals surface area contributed by atoms with Crippen LogP contribution in [0.3, 0.4) is 0 Å². The Labute approximate surface area is 423 Å². The summed E-state index contributed by atoms with van der Waals surface area (Å²) in [5.41, 5.74) is 17.5. The molecule has 0 bridgehead atoms. The van der Waals surface area contributed by atoms with E-state index >= 15 is 0 Å². The molecule has 5 nitrogen and oxygen atoms in total. The van der Waals surface area contributed by atoms with Crippen LogP contribution in [0.4, 0.5) is 0 Å². The molecule has 0 fully saturated rings. The highest BCUT2D eigenvalue weighted by Gasteiger charge is 2.55. The van der Waals surface area contributed by atoms with Gasteiger partial charge in [-0.25, -0.2) is 4.98 Å². The molecule has 1 spiro atoms. The van der Waals surface area contributed by atoms with Crippen LogP contribution in [0.15, 0.2) is 152 Å². The molecule has 71 heavy (non-hydrogen) atoms. The normalized spacial score (nSPS) is 14.9. The molecule has 0 N–H and O–H groups in total. The second-order valence-corrected chi connectivity index (χ2v) is 24.1. The first-order chi connectivity index (χ1) is 34.8. The number of imidazole rings is 1. The van der Waals surface area contributed by atoms with E-state index in [1.54, 1.807) is 12.1 Å². The van der Waals surface area contributed by atoms with Crippen LogP contribution in [0.1, 0.15) is 137 Å². The van der Waals surface area contributed by atoms with Crippen molar-refractivity contribution < 1.29 is 13.4 Å². The van der Waals surface area contributed by atoms with E-state index in [1.165, 1.54) is 50.1 Å². The minimum atomic E-state index is -2.23. The van der Waals surface area contributed by atoms with Gasteiger partial charge in [0.05, 0.1) is 38.9 Å². The second kappa shape index (κ2) is 15.1. The van der Waals surface area contributed by atoms with Crippen LogP contribution in [-0.2, 0) is 27.1 Å². The predicted octanol–water partition coefficient (Wildman–Crippen LogP) is 16.2. The van der Waals surface area contributed by atoms with Crippen LogP contribution in [0.25, 0.3) is 61.2 Å². The number of fused-ring (bicyclic) bond motifs is 12. The van der Waals surface area contributed by atoms with E-state index in [4.69, 9.17) is 13.8 Å². The Bertz CT molecular complexity index is 3860. The van der Waals surface area contributed by atoms with Crippen molar-refractivity contribution in [2.45, 2.75) is 117 Å². The minimum absolute atomic E-state index is 0.116. The molecular formula is C66H64N4O. The number of rotatable bonds is 4. The summed E-state index contributed by atoms with van der Waals surface area (Å²) in [4.78, 5) is 4.79. The van der Waals surface area contributed by atoms with Crippen molar-refractivity contribution in [1.29, 1.82) is 0 Å². The molecule has 5 heteroatoms. The van der Waals surface area contributed by atoms with E-state index < -0.39 is 12.3 Å². The van der Waals surface area contributed by atoms with Crippen molar-refractivity contribution in [3.05, 3.63) is 208 Å². The molecule has 10 aromatic rings. The smallest absolute Gasteiger partial charge is 0.269 e. The molecule has 3 aromatic heterocycles. The molecule has 7 aromatic carbocycles. The number of aryl methyl sites for hydroxylation is 1. The first kappa shape index (κ1) is 41.5. The van der Waals surface area contributed by atoms with Crippen LogP contribution in [0.5, 0.6) is 11.5 Å². The van der Waals surface area contributed by atoms with Gasteiger partial charge in [0.15, 0.2) is 0 Å². The lowest BCUT2D eigenvalue weighted by Crippen LogP contribution is -2.38. The molecule has 2 aliphatic rings. The molecule has 354 valence electrons. The van der Waals surface area contributed by atoms with Gasteiger partial charge in [0.25, 0.3) is 6.33 Å². The summed E-state index contributed by atoms with van der Waals surface area (Å²) < 4.78 is 38.2. The quantitative estimate of drug-likeness (QED) is 0.130. The number of hydrogen-bond donors (Lipinski definition) is 0. The van der Waals surface area contributed by atoms with Crippen molar-refractivity contribution >= 4 is 32.8 Å². The third-order valence-corrected chi connectivity index (χ3v) is 15.2. The summed E-state index contributed by atoms with van der Waals surface area (Å²) >= 11 is 0. The van der Waals surface area contributed by atoms with Crippen LogP contribution >= 0.6 is 0 Å². The average Bonchev–Trinajstić information content (AvgIpc) is 3.99. The first-order valence-electron chi connectivity index (χ1n) is 26.6. The minimum Gasteiger partial charge on any atom is -0.458 e. The highest BCUT2D eigenvalue weighted by atomic mass is 16.5. The van der Waals surface area contributed by atoms with E-state index in [1.807, 2.05) is 36.5 Å². The number of hydrogen-bond acceptors (Lipinski definition) is 2. The van der Waals surface area contributed by atoms with Crippen LogP contribution in [0.2, 0.25) is 0 Å². The Morgan fingerprint density at radius 2 is 1.18 bits per heavy atom. The number of pyridine rings is 1. The fraction of sp³-hybridized carbons (Fsp3) is 0.273. The van der Waals surface area contributed by atoms with Crippen LogP contribution in [0, 0.1) is 13.2 Å². The van der Waals surface area contributed by atoms with Gasteiger partial charge in [-0.1, -0.05) is 174 Å². The van der Waals surface area contributed by atoms with Gasteiger partial charge in [-0.05, 0) is 139 Å². The molecule has 0 amide bonds. The van der Waals surface area contributed by atoms with Crippen molar-refractivity contribution in [3.8, 4) is 39.8 Å². The topological polar surface area (TPSA) is 35.9 Å². The Kier molecular flexibility index (Phi) is 8.85. The van der Waals surface area contributed by atoms with Crippen LogP contribution in [-0.4, -0.2) is 14.1 Å². The molecule has 0 unspecified atom stereocenters. The summed E-state index contributed by atoms with van der Waals surface area (Å²) in [7, 11) is 0. The largest absolute Gasteiger partial charge is 0.458 e. The molecule has 0 atom stereocenters. The summed E-state index contributed by atoms with van der Waals surface area (Å²) in [6.45, 7) is 26.0. The highest BCUT2D eigenvalue weighted by Crippen LogP contribution is 2.65. The van der Waals surface area contributed by atoms with E-state index in [9.17, 15) is 0 Å². The standard InChI is InChI=1S/C66H64N4O/c1-40-24-26-43(27-25-40)68-39-69-57-38-45(71-44-28-30-47-46-19-14-15-21-54(46)70(56(47)37-44)58-23-16-17-32-67-58)29-31-50(57)66(51-20-18-22-55(68)61(51)69)59-48(33-41(62(2,3)4)35-52(59)64(8,9)10)49-34-42(63(5,6)7)36-53(60(49)66)65(11,12)13/h14-38H,1-13H3/i1D3. The Morgan fingerprint density at radius 3 is 1.80 bits per heavy atom. The number of para-hydroxylation sites is 2. The lowest BCUT2D eigenvalue weighted by molar-refractivity contribution is -0.572. The summed E-state index contributed by atoms with van der Waals surface area (Å²) in [6, 6.07) is 51.6. The first-order valence-corrected chi connectivity index (χ1v) is 25.1. The molecule has 12 rings (SSSR count). The summed E-state index contributed by atoms with van der Waals surface area (Å²) in [5.74, 6) is 2.24. The maximum atomic E-state index is 8.17. The Morgan fingerprint density at radius 1 is 0.563 bits per heavy atom. The van der Waals surface area contributed by atoms with Crippen molar-refractivity contribution in [3.63, 3.8) is 0 Å². The molecular weight excluding hydrogens is 865 g/mol. The fourth-order valence-corrected chi connectivity index (χ4v) is 11.8. The Hall–Kier alpha value is -7.24. The van der Waals surface area contributed by atoms with Gasteiger partial charge in [0.2, 0.25) is 0 Å². The molecule has 0 saturated heterocycles. The zero-order valence-corrected chi connectivity index (χ0v) is 43.1. The van der Waals surface area contributed by atoms with Gasteiger partial charge in [0.1, 0.15) is 17.3 Å². The van der Waals surface area contributed by atoms with Crippen molar-refractivity contribution in [2.75, 3.05) is 0 Å². The van der Waals surface area contributed by atoms with Gasteiger partial charge in [-0.3, -0.25) is 13.7 Å². The average molecular weight is 932 g/mol. The van der Waals surface area contributed by atoms with Crippen molar-refractivity contribution in [1.82, 2.24) is 14.1 Å². The molecule has 0 saturated carbocycles. The predicted molar refractivity (Wildman–Crippen MR) is 293 cm³/mol. The van der Waals surface area contributed by atoms with Gasteiger partial charge < -0.3 is 4.74 Å². The zero-order chi connectivity index (χ0) is 52.2. The Balaban J connectivity index is 1.19. The lowest BCUT2D eigenvalue weighted by atomic mass is 9.60. The maximum absolute atomic E-state index is 8.17. The van der Waals surface area contributed by atoms with Crippen LogP contribution < -0.4 is 9.30 Å². The second-order valence-electron chi connectivity index (χ2n) is 24.1. The SMILES string of the molecule is [2H]C([2H])([2H])c1ccc(-[n+]2[c-]n3c4c(cccc42)C2(c4ccc(Oc5ccc6c7ccccc7n(-c7ccccn7)c6c5)cc4-3)c3c(cc(C(C)(C)C)cc3C(C)(C)C)-c3cc(C(C)(C)C)cc(C(C)(C)C)c32)cc1. The van der Waals surface area contributed by atoms with E-state index in [2.05, 4.69) is 206 Å². The van der Waals surface area contributed by atoms with E-state index in [-0.39, 0.29) is 21.7 Å². The molecule has 1 aliphatic carbocycles. The molecule has 1 aliphatic heterocycles. The summed E-state index contributed by atoms with van der Waals surface area (Å²) in [5, 5.41) is 2.27. The van der Waals surface area contributed by atoms with Gasteiger partial charge in [0, 0.05) is 27.1 Å². The van der Waals surface area contributed by atoms with Gasteiger partial charge >= 0.3 is 0 Å². The number of nitrogens with zero attached hydrogens (tertiary/aromatic N) is 4. The zero-order valence-electron chi connectivity index (χ0n) is 46.1. The lowest BCUT2D eigenvalue weighted by Gasteiger charge is -2.44.